The van der Waals surface area contributed by atoms with Crippen LogP contribution in [0.4, 0.5) is 9.18 Å². The molecule has 0 spiro atoms. The van der Waals surface area contributed by atoms with Crippen molar-refractivity contribution in [3.05, 3.63) is 35.6 Å². The minimum atomic E-state index is -1.31. The highest BCUT2D eigenvalue weighted by Gasteiger charge is 2.49. The second kappa shape index (κ2) is 8.01. The van der Waals surface area contributed by atoms with Gasteiger partial charge in [-0.25, -0.2) is 9.18 Å². The smallest absolute Gasteiger partial charge is 0.325 e. The Morgan fingerprint density at radius 3 is 2.56 bits per heavy atom. The third kappa shape index (κ3) is 4.25. The second-order valence-electron chi connectivity index (χ2n) is 6.89. The number of hydrogen-bond acceptors (Lipinski definition) is 5. The van der Waals surface area contributed by atoms with E-state index in [1.807, 2.05) is 0 Å². The Labute approximate surface area is 157 Å². The summed E-state index contributed by atoms with van der Waals surface area (Å²) in [5, 5.41) is 8.60. The van der Waals surface area contributed by atoms with Crippen LogP contribution in [0, 0.1) is 5.82 Å². The van der Waals surface area contributed by atoms with E-state index in [1.165, 1.54) is 24.3 Å². The lowest BCUT2D eigenvalue weighted by Gasteiger charge is -2.27. The molecule has 3 rings (SSSR count). The molecule has 1 atom stereocenters. The van der Waals surface area contributed by atoms with Crippen LogP contribution in [0.1, 0.15) is 12.5 Å². The number of carbonyl (C=O) groups excluding carboxylic acids is 3. The number of hydrogen-bond donors (Lipinski definition) is 3. The van der Waals surface area contributed by atoms with E-state index in [4.69, 9.17) is 0 Å². The predicted octanol–water partition coefficient (Wildman–Crippen LogP) is -0.386. The van der Waals surface area contributed by atoms with E-state index in [0.29, 0.717) is 12.1 Å². The van der Waals surface area contributed by atoms with E-state index in [-0.39, 0.29) is 6.54 Å². The Morgan fingerprint density at radius 2 is 1.89 bits per heavy atom. The third-order valence-electron chi connectivity index (χ3n) is 4.96. The largest absolute Gasteiger partial charge is 0.353 e. The summed E-state index contributed by atoms with van der Waals surface area (Å²) in [5.74, 6) is -1.35. The van der Waals surface area contributed by atoms with Crippen molar-refractivity contribution < 1.29 is 18.8 Å². The molecule has 9 heteroatoms. The molecule has 2 aliphatic rings. The molecule has 1 aromatic carbocycles. The van der Waals surface area contributed by atoms with Gasteiger partial charge in [-0.3, -0.25) is 19.4 Å². The summed E-state index contributed by atoms with van der Waals surface area (Å²) in [6, 6.07) is 4.72. The number of piperazine rings is 1. The van der Waals surface area contributed by atoms with Gasteiger partial charge in [-0.15, -0.1) is 0 Å². The minimum Gasteiger partial charge on any atom is -0.353 e. The third-order valence-corrected chi connectivity index (χ3v) is 4.96. The highest BCUT2D eigenvalue weighted by molar-refractivity contribution is 6.09. The number of carbonyl (C=O) groups is 3. The van der Waals surface area contributed by atoms with Gasteiger partial charge in [0.25, 0.3) is 5.91 Å². The fraction of sp³-hybridized carbons (Fsp3) is 0.500. The van der Waals surface area contributed by atoms with Crippen molar-refractivity contribution >= 4 is 17.8 Å². The summed E-state index contributed by atoms with van der Waals surface area (Å²) in [6.07, 6.45) is 0. The fourth-order valence-corrected chi connectivity index (χ4v) is 3.31. The quantitative estimate of drug-likeness (QED) is 0.588. The predicted molar refractivity (Wildman–Crippen MR) is 96.3 cm³/mol. The van der Waals surface area contributed by atoms with Crippen molar-refractivity contribution in [1.82, 2.24) is 25.8 Å². The molecule has 2 heterocycles. The first-order chi connectivity index (χ1) is 12.9. The number of imide groups is 1. The van der Waals surface area contributed by atoms with E-state index in [1.54, 1.807) is 6.92 Å². The van der Waals surface area contributed by atoms with Gasteiger partial charge < -0.3 is 16.0 Å². The van der Waals surface area contributed by atoms with Gasteiger partial charge in [0.2, 0.25) is 5.91 Å². The van der Waals surface area contributed by atoms with E-state index < -0.39 is 29.2 Å². The molecule has 0 aliphatic carbocycles. The molecule has 146 valence electrons. The molecular weight excluding hydrogens is 353 g/mol. The van der Waals surface area contributed by atoms with E-state index in [9.17, 15) is 18.8 Å². The van der Waals surface area contributed by atoms with Crippen LogP contribution >= 0.6 is 0 Å². The van der Waals surface area contributed by atoms with Crippen molar-refractivity contribution in [1.29, 1.82) is 0 Å². The van der Waals surface area contributed by atoms with Gasteiger partial charge in [-0.1, -0.05) is 12.1 Å². The number of amides is 4. The minimum absolute atomic E-state index is 0.344. The molecule has 1 aromatic rings. The number of urea groups is 1. The van der Waals surface area contributed by atoms with Crippen LogP contribution in [0.3, 0.4) is 0 Å². The fourth-order valence-electron chi connectivity index (χ4n) is 3.31. The highest BCUT2D eigenvalue weighted by Crippen LogP contribution is 2.28. The molecule has 27 heavy (non-hydrogen) atoms. The van der Waals surface area contributed by atoms with Crippen LogP contribution in [0.5, 0.6) is 0 Å². The van der Waals surface area contributed by atoms with Gasteiger partial charge >= 0.3 is 6.03 Å². The van der Waals surface area contributed by atoms with Crippen LogP contribution in [0.2, 0.25) is 0 Å². The lowest BCUT2D eigenvalue weighted by Crippen LogP contribution is -2.47. The Kier molecular flexibility index (Phi) is 5.71. The molecule has 0 bridgehead atoms. The SMILES string of the molecule is CC1(c2ccc(F)cc2)NC(=O)N(CC(=O)NCCN2CCNCC2)C1=O. The first kappa shape index (κ1) is 19.2. The number of nitrogens with one attached hydrogen (secondary N) is 3. The highest BCUT2D eigenvalue weighted by atomic mass is 19.1. The molecule has 0 saturated carbocycles. The molecule has 2 saturated heterocycles. The zero-order chi connectivity index (χ0) is 19.4. The Balaban J connectivity index is 1.55. The van der Waals surface area contributed by atoms with Crippen LogP contribution in [-0.2, 0) is 15.1 Å². The van der Waals surface area contributed by atoms with Gasteiger partial charge in [0.15, 0.2) is 0 Å². The summed E-state index contributed by atoms with van der Waals surface area (Å²) < 4.78 is 13.1. The topological polar surface area (TPSA) is 93.8 Å². The lowest BCUT2D eigenvalue weighted by atomic mass is 9.92. The number of halogens is 1. The van der Waals surface area contributed by atoms with Crippen molar-refractivity contribution in [2.75, 3.05) is 45.8 Å². The normalized spacial score (nSPS) is 23.4. The first-order valence-corrected chi connectivity index (χ1v) is 9.00. The maximum absolute atomic E-state index is 13.1. The molecule has 0 radical (unpaired) electrons. The standard InChI is InChI=1S/C18H24FN5O3/c1-18(13-2-4-14(19)5-3-13)16(26)24(17(27)22-18)12-15(25)21-8-11-23-9-6-20-7-10-23/h2-5,20H,6-12H2,1H3,(H,21,25)(H,22,27). The summed E-state index contributed by atoms with van der Waals surface area (Å²) in [4.78, 5) is 40.2. The summed E-state index contributed by atoms with van der Waals surface area (Å²) in [5.41, 5.74) is -0.852. The van der Waals surface area contributed by atoms with Crippen LogP contribution in [0.25, 0.3) is 0 Å². The number of rotatable bonds is 6. The Bertz CT molecular complexity index is 720. The Morgan fingerprint density at radius 1 is 1.22 bits per heavy atom. The monoisotopic (exact) mass is 377 g/mol. The van der Waals surface area contributed by atoms with Gasteiger partial charge in [0.1, 0.15) is 17.9 Å². The second-order valence-corrected chi connectivity index (χ2v) is 6.89. The first-order valence-electron chi connectivity index (χ1n) is 9.00. The van der Waals surface area contributed by atoms with Crippen LogP contribution < -0.4 is 16.0 Å². The van der Waals surface area contributed by atoms with E-state index in [2.05, 4.69) is 20.9 Å². The molecule has 3 N–H and O–H groups in total. The lowest BCUT2D eigenvalue weighted by molar-refractivity contribution is -0.134. The zero-order valence-electron chi connectivity index (χ0n) is 15.3. The van der Waals surface area contributed by atoms with Gasteiger partial charge in [0, 0.05) is 39.3 Å². The average Bonchev–Trinajstić information content (AvgIpc) is 2.87. The number of benzene rings is 1. The van der Waals surface area contributed by atoms with E-state index >= 15 is 0 Å². The Hall–Kier alpha value is -2.52. The molecule has 0 aromatic heterocycles. The molecule has 4 amide bonds. The maximum atomic E-state index is 13.1. The molecule has 2 fully saturated rings. The summed E-state index contributed by atoms with van der Waals surface area (Å²) in [7, 11) is 0. The van der Waals surface area contributed by atoms with E-state index in [0.717, 1.165) is 37.6 Å². The van der Waals surface area contributed by atoms with Crippen LogP contribution in [-0.4, -0.2) is 73.5 Å². The van der Waals surface area contributed by atoms with Gasteiger partial charge in [-0.05, 0) is 24.6 Å². The number of nitrogens with zero attached hydrogens (tertiary/aromatic N) is 2. The van der Waals surface area contributed by atoms with Gasteiger partial charge in [-0.2, -0.15) is 0 Å². The molecule has 2 aliphatic heterocycles. The average molecular weight is 377 g/mol. The molecular formula is C18H24FN5O3. The molecule has 1 unspecified atom stereocenters. The van der Waals surface area contributed by atoms with Crippen molar-refractivity contribution in [3.8, 4) is 0 Å². The van der Waals surface area contributed by atoms with Crippen LogP contribution in [0.15, 0.2) is 24.3 Å². The summed E-state index contributed by atoms with van der Waals surface area (Å²) >= 11 is 0. The zero-order valence-corrected chi connectivity index (χ0v) is 15.3. The van der Waals surface area contributed by atoms with Crippen molar-refractivity contribution in [2.45, 2.75) is 12.5 Å². The van der Waals surface area contributed by atoms with Crippen molar-refractivity contribution in [2.24, 2.45) is 0 Å². The van der Waals surface area contributed by atoms with Crippen molar-refractivity contribution in [3.63, 3.8) is 0 Å². The molecule has 8 nitrogen and oxygen atoms in total. The maximum Gasteiger partial charge on any atom is 0.325 e. The van der Waals surface area contributed by atoms with Gasteiger partial charge in [0.05, 0.1) is 0 Å². The summed E-state index contributed by atoms with van der Waals surface area (Å²) in [6.45, 7) is 6.10.